The van der Waals surface area contributed by atoms with E-state index in [0.717, 1.165) is 6.92 Å². The molecule has 0 aromatic rings. The van der Waals surface area contributed by atoms with E-state index in [0.29, 0.717) is 0 Å². The summed E-state index contributed by atoms with van der Waals surface area (Å²) >= 11 is 0. The summed E-state index contributed by atoms with van der Waals surface area (Å²) in [6, 6.07) is -1.56. The summed E-state index contributed by atoms with van der Waals surface area (Å²) in [7, 11) is 2.37. The predicted molar refractivity (Wildman–Crippen MR) is 65.5 cm³/mol. The van der Waals surface area contributed by atoms with Crippen molar-refractivity contribution in [1.82, 2.24) is 5.32 Å². The van der Waals surface area contributed by atoms with Crippen LogP contribution in [0.1, 0.15) is 6.92 Å². The maximum atomic E-state index is 12.0. The van der Waals surface area contributed by atoms with E-state index >= 15 is 0 Å². The minimum Gasteiger partial charge on any atom is -0.394 e. The van der Waals surface area contributed by atoms with Gasteiger partial charge in [0.1, 0.15) is 24.4 Å². The molecule has 0 spiro atoms. The third-order valence-corrected chi connectivity index (χ3v) is 2.60. The highest BCUT2D eigenvalue weighted by atomic mass is 16.7. The van der Waals surface area contributed by atoms with Crippen LogP contribution in [-0.2, 0) is 19.1 Å². The first kappa shape index (κ1) is 18.9. The van der Waals surface area contributed by atoms with E-state index in [1.807, 2.05) is 0 Å². The molecule has 0 aliphatic heterocycles. The molecule has 0 aromatic heterocycles. The predicted octanol–water partition coefficient (Wildman–Crippen LogP) is -3.25. The Morgan fingerprint density at radius 1 is 1.10 bits per heavy atom. The Morgan fingerprint density at radius 3 is 1.95 bits per heavy atom. The number of rotatable bonds is 9. The summed E-state index contributed by atoms with van der Waals surface area (Å²) in [5.74, 6) is -1.49. The summed E-state index contributed by atoms with van der Waals surface area (Å²) in [6.07, 6.45) is -6.71. The van der Waals surface area contributed by atoms with Crippen molar-refractivity contribution in [3.8, 4) is 0 Å². The van der Waals surface area contributed by atoms with Crippen molar-refractivity contribution in [1.29, 1.82) is 0 Å². The van der Waals surface area contributed by atoms with Gasteiger partial charge < -0.3 is 35.2 Å². The normalized spacial score (nSPS) is 17.4. The Balaban J connectivity index is 5.13. The van der Waals surface area contributed by atoms with Crippen LogP contribution in [0.3, 0.4) is 0 Å². The standard InChI is InChI=1S/C11H21NO8/c1-5(14)12-7(10(18)11(19-2)20-3)9(17)8(16)6(15)4-13/h6-9,11,13,15-17H,4H2,1-3H3,(H,12,14)/t6-,7+,8-,9-/m1/s1. The largest absolute Gasteiger partial charge is 0.394 e. The third-order valence-electron chi connectivity index (χ3n) is 2.60. The van der Waals surface area contributed by atoms with Crippen LogP contribution in [0.5, 0.6) is 0 Å². The van der Waals surface area contributed by atoms with Gasteiger partial charge in [-0.15, -0.1) is 0 Å². The van der Waals surface area contributed by atoms with Gasteiger partial charge in [0, 0.05) is 21.1 Å². The number of aliphatic hydroxyl groups is 4. The van der Waals surface area contributed by atoms with E-state index in [9.17, 15) is 24.9 Å². The number of aliphatic hydroxyl groups excluding tert-OH is 4. The average molecular weight is 295 g/mol. The maximum Gasteiger partial charge on any atom is 0.219 e. The number of ketones is 1. The van der Waals surface area contributed by atoms with Gasteiger partial charge in [0.15, 0.2) is 0 Å². The number of Topliss-reactive ketones (excluding diaryl/α,β-unsaturated/α-hetero) is 1. The molecule has 0 unspecified atom stereocenters. The molecule has 0 radical (unpaired) electrons. The summed E-state index contributed by atoms with van der Waals surface area (Å²) in [5, 5.41) is 39.6. The molecule has 4 atom stereocenters. The second kappa shape index (κ2) is 8.95. The molecular weight excluding hydrogens is 274 g/mol. The summed E-state index contributed by atoms with van der Waals surface area (Å²) < 4.78 is 9.43. The number of carbonyl (C=O) groups is 2. The molecule has 1 amide bonds. The summed E-state index contributed by atoms with van der Waals surface area (Å²) in [6.45, 7) is 0.285. The average Bonchev–Trinajstić information content (AvgIpc) is 2.43. The van der Waals surface area contributed by atoms with Gasteiger partial charge in [0.25, 0.3) is 0 Å². The van der Waals surface area contributed by atoms with Crippen LogP contribution in [-0.4, -0.2) is 83.6 Å². The Hall–Kier alpha value is -1.10. The molecule has 0 saturated heterocycles. The van der Waals surface area contributed by atoms with E-state index in [1.165, 1.54) is 14.2 Å². The van der Waals surface area contributed by atoms with Gasteiger partial charge in [-0.25, -0.2) is 0 Å². The number of carbonyl (C=O) groups excluding carboxylic acids is 2. The number of hydrogen-bond donors (Lipinski definition) is 5. The Kier molecular flexibility index (Phi) is 8.46. The molecule has 0 bridgehead atoms. The lowest BCUT2D eigenvalue weighted by Gasteiger charge is -2.29. The highest BCUT2D eigenvalue weighted by Crippen LogP contribution is 2.10. The molecule has 0 aliphatic carbocycles. The van der Waals surface area contributed by atoms with Gasteiger partial charge in [-0.1, -0.05) is 0 Å². The third kappa shape index (κ3) is 5.12. The molecular formula is C11H21NO8. The fourth-order valence-corrected chi connectivity index (χ4v) is 1.55. The van der Waals surface area contributed by atoms with Crippen molar-refractivity contribution < 1.29 is 39.5 Å². The zero-order valence-electron chi connectivity index (χ0n) is 11.5. The summed E-state index contributed by atoms with van der Waals surface area (Å²) in [4.78, 5) is 23.1. The number of amides is 1. The van der Waals surface area contributed by atoms with E-state index in [1.54, 1.807) is 0 Å². The van der Waals surface area contributed by atoms with E-state index in [2.05, 4.69) is 5.32 Å². The Bertz CT molecular complexity index is 320. The van der Waals surface area contributed by atoms with Crippen molar-refractivity contribution in [3.63, 3.8) is 0 Å². The molecule has 9 heteroatoms. The molecule has 20 heavy (non-hydrogen) atoms. The van der Waals surface area contributed by atoms with E-state index in [-0.39, 0.29) is 0 Å². The number of nitrogens with one attached hydrogen (secondary N) is 1. The topological polar surface area (TPSA) is 146 Å². The van der Waals surface area contributed by atoms with Crippen LogP contribution in [0.2, 0.25) is 0 Å². The van der Waals surface area contributed by atoms with Crippen LogP contribution in [0.15, 0.2) is 0 Å². The zero-order chi connectivity index (χ0) is 15.9. The van der Waals surface area contributed by atoms with Crippen LogP contribution in [0.25, 0.3) is 0 Å². The van der Waals surface area contributed by atoms with Crippen LogP contribution < -0.4 is 5.32 Å². The molecule has 0 saturated carbocycles. The lowest BCUT2D eigenvalue weighted by atomic mass is 9.97. The lowest BCUT2D eigenvalue weighted by molar-refractivity contribution is -0.166. The monoisotopic (exact) mass is 295 g/mol. The van der Waals surface area contributed by atoms with Crippen molar-refractivity contribution in [2.45, 2.75) is 37.6 Å². The smallest absolute Gasteiger partial charge is 0.219 e. The SMILES string of the molecule is COC(OC)C(=O)[C@@H](NC(C)=O)[C@@H](O)[C@H](O)[C@H](O)CO. The van der Waals surface area contributed by atoms with Gasteiger partial charge in [0.2, 0.25) is 18.0 Å². The molecule has 9 nitrogen and oxygen atoms in total. The zero-order valence-corrected chi connectivity index (χ0v) is 11.5. The molecule has 118 valence electrons. The quantitative estimate of drug-likeness (QED) is 0.279. The minimum atomic E-state index is -1.85. The van der Waals surface area contributed by atoms with E-state index < -0.39 is 48.9 Å². The second-order valence-corrected chi connectivity index (χ2v) is 4.12. The van der Waals surface area contributed by atoms with Gasteiger partial charge >= 0.3 is 0 Å². The Labute approximate surface area is 116 Å². The molecule has 0 rings (SSSR count). The molecule has 0 aliphatic rings. The maximum absolute atomic E-state index is 12.0. The van der Waals surface area contributed by atoms with Crippen LogP contribution >= 0.6 is 0 Å². The van der Waals surface area contributed by atoms with Crippen molar-refractivity contribution in [2.75, 3.05) is 20.8 Å². The number of methoxy groups -OCH3 is 2. The number of ether oxygens (including phenoxy) is 2. The Morgan fingerprint density at radius 2 is 1.60 bits per heavy atom. The molecule has 0 aromatic carbocycles. The van der Waals surface area contributed by atoms with Crippen LogP contribution in [0.4, 0.5) is 0 Å². The van der Waals surface area contributed by atoms with Crippen molar-refractivity contribution in [3.05, 3.63) is 0 Å². The van der Waals surface area contributed by atoms with Crippen molar-refractivity contribution >= 4 is 11.7 Å². The first-order valence-electron chi connectivity index (χ1n) is 5.81. The minimum absolute atomic E-state index is 0.640. The number of hydrogen-bond acceptors (Lipinski definition) is 8. The first-order chi connectivity index (χ1) is 9.29. The fourth-order valence-electron chi connectivity index (χ4n) is 1.55. The van der Waals surface area contributed by atoms with Gasteiger partial charge in [-0.05, 0) is 0 Å². The van der Waals surface area contributed by atoms with Gasteiger partial charge in [-0.3, -0.25) is 9.59 Å². The highest BCUT2D eigenvalue weighted by molar-refractivity contribution is 5.91. The first-order valence-corrected chi connectivity index (χ1v) is 5.81. The van der Waals surface area contributed by atoms with Gasteiger partial charge in [0.05, 0.1) is 6.61 Å². The van der Waals surface area contributed by atoms with E-state index in [4.69, 9.17) is 14.6 Å². The molecule has 5 N–H and O–H groups in total. The highest BCUT2D eigenvalue weighted by Gasteiger charge is 2.39. The van der Waals surface area contributed by atoms with Crippen LogP contribution in [0, 0.1) is 0 Å². The second-order valence-electron chi connectivity index (χ2n) is 4.12. The van der Waals surface area contributed by atoms with Crippen molar-refractivity contribution in [2.24, 2.45) is 0 Å². The molecule has 0 heterocycles. The fraction of sp³-hybridized carbons (Fsp3) is 0.818. The lowest BCUT2D eigenvalue weighted by Crippen LogP contribution is -2.58. The summed E-state index contributed by atoms with van der Waals surface area (Å²) in [5.41, 5.74) is 0. The molecule has 0 fully saturated rings. The van der Waals surface area contributed by atoms with Gasteiger partial charge in [-0.2, -0.15) is 0 Å².